The smallest absolute Gasteiger partial charge is 0.217 e. The quantitative estimate of drug-likeness (QED) is 0.0387. The molecule has 26 heavy (non-hydrogen) atoms. The van der Waals surface area contributed by atoms with E-state index in [2.05, 4.69) is 36.0 Å². The molecule has 0 spiro atoms. The van der Waals surface area contributed by atoms with E-state index in [9.17, 15) is 0 Å². The van der Waals surface area contributed by atoms with Crippen LogP contribution in [0.25, 0.3) is 0 Å². The fourth-order valence-electron chi connectivity index (χ4n) is 0.748. The summed E-state index contributed by atoms with van der Waals surface area (Å²) < 4.78 is 8.92. The van der Waals surface area contributed by atoms with Gasteiger partial charge in [-0.05, 0) is 13.0 Å². The summed E-state index contributed by atoms with van der Waals surface area (Å²) in [6, 6.07) is 0. The van der Waals surface area contributed by atoms with Gasteiger partial charge in [0, 0.05) is 15.2 Å². The average Bonchev–Trinajstić information content (AvgIpc) is 2.43. The van der Waals surface area contributed by atoms with Crippen LogP contribution in [-0.2, 0) is 36.0 Å². The van der Waals surface area contributed by atoms with Gasteiger partial charge in [0.1, 0.15) is 30.1 Å². The van der Waals surface area contributed by atoms with Gasteiger partial charge in [-0.25, -0.2) is 29.2 Å². The Morgan fingerprint density at radius 2 is 1.04 bits per heavy atom. The topological polar surface area (TPSA) is 298 Å². The predicted molar refractivity (Wildman–Crippen MR) is 85.9 cm³/mol. The van der Waals surface area contributed by atoms with E-state index in [-0.39, 0.29) is 26.7 Å². The summed E-state index contributed by atoms with van der Waals surface area (Å²) in [4.78, 5) is 26.1. The highest BCUT2D eigenvalue weighted by Crippen LogP contribution is 2.11. The average molecular weight is 623 g/mol. The lowest BCUT2D eigenvalue weighted by molar-refractivity contribution is -1.39. The summed E-state index contributed by atoms with van der Waals surface area (Å²) in [5.41, 5.74) is 0. The summed E-state index contributed by atoms with van der Waals surface area (Å²) in [5, 5.41) is -1.40. The molecule has 158 valence electrons. The molecular formula is CH19I2N15O8+2. The van der Waals surface area contributed by atoms with Gasteiger partial charge in [0.15, 0.2) is 0 Å². The zero-order valence-electron chi connectivity index (χ0n) is 12.8. The van der Waals surface area contributed by atoms with Gasteiger partial charge in [0.05, 0.1) is 21.3 Å². The van der Waals surface area contributed by atoms with Gasteiger partial charge in [-0.3, -0.25) is 0 Å². The molecular weight excluding hydrogens is 604 g/mol. The van der Waals surface area contributed by atoms with Crippen molar-refractivity contribution < 1.29 is 45.9 Å². The van der Waals surface area contributed by atoms with Crippen LogP contribution >= 0.6 is 46.0 Å². The molecule has 0 aliphatic heterocycles. The van der Waals surface area contributed by atoms with Crippen LogP contribution in [0.1, 0.15) is 0 Å². The molecule has 0 rings (SSSR count). The summed E-state index contributed by atoms with van der Waals surface area (Å²) in [6.45, 7) is 0. The van der Waals surface area contributed by atoms with Gasteiger partial charge >= 0.3 is 0 Å². The summed E-state index contributed by atoms with van der Waals surface area (Å²) in [5.74, 6) is 41.9. The monoisotopic (exact) mass is 623 g/mol. The van der Waals surface area contributed by atoms with E-state index in [1.165, 1.54) is 53.1 Å². The van der Waals surface area contributed by atoms with E-state index < -0.39 is 9.95 Å². The van der Waals surface area contributed by atoms with Crippen molar-refractivity contribution in [3.8, 4) is 0 Å². The molecule has 0 aliphatic carbocycles. The number of hydroxylamine groups is 1. The fourth-order valence-corrected chi connectivity index (χ4v) is 0.964. The third-order valence-corrected chi connectivity index (χ3v) is 2.23. The third-order valence-electron chi connectivity index (χ3n) is 1.29. The lowest BCUT2D eigenvalue weighted by Crippen LogP contribution is -2.63. The Bertz CT molecular complexity index is 387. The lowest BCUT2D eigenvalue weighted by atomic mass is 11.4. The van der Waals surface area contributed by atoms with E-state index in [0.717, 1.165) is 0 Å². The van der Waals surface area contributed by atoms with Crippen LogP contribution in [-0.4, -0.2) is 43.7 Å². The second-order valence-electron chi connectivity index (χ2n) is 3.65. The zero-order chi connectivity index (χ0) is 20.5. The second-order valence-corrected chi connectivity index (χ2v) is 4.44. The summed E-state index contributed by atoms with van der Waals surface area (Å²) >= 11 is 2.59. The second kappa shape index (κ2) is 12.2. The fraction of sp³-hybridized carbons (Fsp3) is 1.00. The Kier molecular flexibility index (Phi) is 12.4. The van der Waals surface area contributed by atoms with Crippen molar-refractivity contribution in [3.63, 3.8) is 0 Å². The van der Waals surface area contributed by atoms with Gasteiger partial charge in [0.2, 0.25) is 28.1 Å². The normalized spacial score (nSPS) is 15.7. The van der Waals surface area contributed by atoms with Crippen LogP contribution in [0.2, 0.25) is 0 Å². The highest BCUT2D eigenvalue weighted by atomic mass is 127. The number of rotatable bonds is 14. The molecule has 0 aromatic heterocycles. The summed E-state index contributed by atoms with van der Waals surface area (Å²) in [6.07, 6.45) is 0. The van der Waals surface area contributed by atoms with Crippen LogP contribution < -0.4 is 46.7 Å². The van der Waals surface area contributed by atoms with Crippen molar-refractivity contribution in [2.75, 3.05) is 7.05 Å². The molecule has 0 heterocycles. The molecule has 0 amide bonds. The standard InChI is InChI=1S/CH19I2N15O8/c1-17(9,10)24-14(6)22-13(5)23-16(8)26-18(11,20-3)25-15(7)21-12(4)19-2/h4-11H2,1H3/q+2. The first-order valence-corrected chi connectivity index (χ1v) is 7.14. The molecule has 0 radical (unpaired) electrons. The van der Waals surface area contributed by atoms with Crippen LogP contribution in [0, 0.1) is 0 Å². The van der Waals surface area contributed by atoms with E-state index in [1.807, 2.05) is 0 Å². The number of hydrogen-bond acceptors (Lipinski definition) is 21. The van der Waals surface area contributed by atoms with Crippen LogP contribution in [0.15, 0.2) is 0 Å². The van der Waals surface area contributed by atoms with Gasteiger partial charge in [-0.1, -0.05) is 5.84 Å². The van der Waals surface area contributed by atoms with Crippen LogP contribution in [0.5, 0.6) is 0 Å². The molecule has 25 heteroatoms. The lowest BCUT2D eigenvalue weighted by Gasteiger charge is -2.27. The number of nitrogens with two attached hydrogens (primary N) is 8. The molecule has 1 atom stereocenters. The minimum absolute atomic E-state index is 0.00937. The van der Waals surface area contributed by atoms with E-state index >= 15 is 0 Å². The van der Waals surface area contributed by atoms with Crippen LogP contribution in [0.3, 0.4) is 0 Å². The number of quaternary nitrogens is 2. The van der Waals surface area contributed by atoms with Gasteiger partial charge in [-0.2, -0.15) is 3.17 Å². The highest BCUT2D eigenvalue weighted by Gasteiger charge is 2.40. The van der Waals surface area contributed by atoms with Gasteiger partial charge < -0.3 is 0 Å². The molecule has 0 saturated carbocycles. The van der Waals surface area contributed by atoms with Crippen molar-refractivity contribution in [2.45, 2.75) is 0 Å². The van der Waals surface area contributed by atoms with E-state index in [4.69, 9.17) is 46.7 Å². The number of nitrogens with zero attached hydrogens (tertiary/aromatic N) is 7. The van der Waals surface area contributed by atoms with Crippen molar-refractivity contribution >= 4 is 46.0 Å². The van der Waals surface area contributed by atoms with Crippen molar-refractivity contribution in [3.05, 3.63) is 0 Å². The molecule has 0 aromatic rings. The van der Waals surface area contributed by atoms with Crippen molar-refractivity contribution in [1.29, 1.82) is 0 Å². The zero-order valence-corrected chi connectivity index (χ0v) is 17.1. The Morgan fingerprint density at radius 1 is 0.654 bits per heavy atom. The van der Waals surface area contributed by atoms with Gasteiger partial charge in [0.25, 0.3) is 0 Å². The first kappa shape index (κ1) is 26.5. The van der Waals surface area contributed by atoms with Crippen molar-refractivity contribution in [1.82, 2.24) is 26.7 Å². The maximum absolute atomic E-state index is 5.44. The molecule has 16 N–H and O–H groups in total. The minimum atomic E-state index is -1.81. The number of hydrogen-bond donors (Lipinski definition) is 8. The molecule has 0 bridgehead atoms. The Hall–Kier alpha value is 0.540. The minimum Gasteiger partial charge on any atom is -0.217 e. The molecule has 0 saturated heterocycles. The third kappa shape index (κ3) is 12.8. The Balaban J connectivity index is 4.48. The molecule has 1 unspecified atom stereocenters. The number of halogens is 2. The van der Waals surface area contributed by atoms with Crippen molar-refractivity contribution in [2.24, 2.45) is 46.7 Å². The molecule has 23 nitrogen and oxygen atoms in total. The highest BCUT2D eigenvalue weighted by molar-refractivity contribution is 14.1. The predicted octanol–water partition coefficient (Wildman–Crippen LogP) is -5.61. The molecule has 0 aliphatic rings. The SMILES string of the molecule is C[N+](N)(N)ON(N)ON(N)ON(N)O[N+](N)(OI)ON(N)ON(N)OI. The van der Waals surface area contributed by atoms with Crippen LogP contribution in [0.4, 0.5) is 0 Å². The summed E-state index contributed by atoms with van der Waals surface area (Å²) in [7, 11) is 1.19. The number of hydrazine groups is 5. The van der Waals surface area contributed by atoms with E-state index in [1.54, 1.807) is 0 Å². The maximum atomic E-state index is 5.44. The Morgan fingerprint density at radius 3 is 1.38 bits per heavy atom. The Labute approximate surface area is 172 Å². The first-order valence-electron chi connectivity index (χ1n) is 5.38. The maximum Gasteiger partial charge on any atom is 0.229 e. The first-order chi connectivity index (χ1) is 11.8. The van der Waals surface area contributed by atoms with Gasteiger partial charge in [-0.15, -0.1) is 26.5 Å². The molecule has 0 aromatic carbocycles. The molecule has 0 fully saturated rings. The van der Waals surface area contributed by atoms with E-state index in [0.29, 0.717) is 0 Å². The largest absolute Gasteiger partial charge is 0.229 e.